The van der Waals surface area contributed by atoms with Gasteiger partial charge in [-0.3, -0.25) is 4.79 Å². The van der Waals surface area contributed by atoms with Crippen LogP contribution in [0, 0.1) is 5.41 Å². The molecule has 1 fully saturated rings. The quantitative estimate of drug-likeness (QED) is 0.550. The minimum atomic E-state index is -1.22. The first kappa shape index (κ1) is 19.4. The van der Waals surface area contributed by atoms with Crippen LogP contribution >= 0.6 is 0 Å². The minimum absolute atomic E-state index is 0.245. The van der Waals surface area contributed by atoms with E-state index < -0.39 is 30.5 Å². The topological polar surface area (TPSA) is 99.0 Å². The van der Waals surface area contributed by atoms with E-state index in [1.54, 1.807) is 0 Å². The van der Waals surface area contributed by atoms with Crippen LogP contribution in [0.4, 0.5) is 0 Å². The third-order valence-electron chi connectivity index (χ3n) is 4.63. The standard InChI is InChI=1S/C16H31NO5/c1-5-7-16(4,8-6-2)15-12(17-10(3)19)14(21)13(20)11(9-18)22-15/h11-15,18,20-21H,5-9H2,1-4H3,(H,17,19). The number of hydrogen-bond acceptors (Lipinski definition) is 5. The highest BCUT2D eigenvalue weighted by molar-refractivity contribution is 5.73. The maximum atomic E-state index is 11.5. The number of nitrogens with one attached hydrogen (secondary N) is 1. The average Bonchev–Trinajstić information content (AvgIpc) is 2.44. The van der Waals surface area contributed by atoms with Crippen molar-refractivity contribution in [1.82, 2.24) is 5.32 Å². The normalized spacial score (nSPS) is 32.8. The summed E-state index contributed by atoms with van der Waals surface area (Å²) in [5.74, 6) is -0.275. The molecule has 0 aromatic heterocycles. The molecule has 5 atom stereocenters. The number of carbonyl (C=O) groups excluding carboxylic acids is 1. The van der Waals surface area contributed by atoms with Crippen molar-refractivity contribution >= 4 is 5.91 Å². The van der Waals surface area contributed by atoms with E-state index >= 15 is 0 Å². The summed E-state index contributed by atoms with van der Waals surface area (Å²) in [6, 6.07) is -0.682. The molecule has 5 unspecified atom stereocenters. The number of aliphatic hydroxyl groups is 3. The summed E-state index contributed by atoms with van der Waals surface area (Å²) in [6.07, 6.45) is -0.00852. The zero-order valence-electron chi connectivity index (χ0n) is 14.1. The Morgan fingerprint density at radius 1 is 1.18 bits per heavy atom. The molecule has 0 radical (unpaired) electrons. The molecule has 6 heteroatoms. The van der Waals surface area contributed by atoms with E-state index in [2.05, 4.69) is 26.1 Å². The molecule has 0 aromatic carbocycles. The van der Waals surface area contributed by atoms with Gasteiger partial charge in [0.1, 0.15) is 18.3 Å². The summed E-state index contributed by atoms with van der Waals surface area (Å²) in [6.45, 7) is 7.26. The second kappa shape index (κ2) is 8.24. The fraction of sp³-hybridized carbons (Fsp3) is 0.938. The molecule has 6 nitrogen and oxygen atoms in total. The van der Waals surface area contributed by atoms with Gasteiger partial charge in [-0.05, 0) is 18.3 Å². The Morgan fingerprint density at radius 2 is 1.73 bits per heavy atom. The third kappa shape index (κ3) is 4.19. The van der Waals surface area contributed by atoms with E-state index in [0.717, 1.165) is 25.7 Å². The van der Waals surface area contributed by atoms with Gasteiger partial charge in [-0.1, -0.05) is 33.6 Å². The fourth-order valence-electron chi connectivity index (χ4n) is 3.66. The lowest BCUT2D eigenvalue weighted by atomic mass is 9.70. The smallest absolute Gasteiger partial charge is 0.217 e. The first-order valence-corrected chi connectivity index (χ1v) is 8.20. The highest BCUT2D eigenvalue weighted by atomic mass is 16.5. The molecule has 4 N–H and O–H groups in total. The molecule has 0 spiro atoms. The van der Waals surface area contributed by atoms with E-state index in [0.29, 0.717) is 0 Å². The van der Waals surface area contributed by atoms with E-state index in [1.807, 2.05) is 0 Å². The molecule has 1 saturated heterocycles. The van der Waals surface area contributed by atoms with Crippen LogP contribution in [0.15, 0.2) is 0 Å². The Balaban J connectivity index is 3.13. The van der Waals surface area contributed by atoms with Crippen LogP contribution in [-0.4, -0.2) is 58.3 Å². The van der Waals surface area contributed by atoms with Gasteiger partial charge >= 0.3 is 0 Å². The van der Waals surface area contributed by atoms with Crippen molar-refractivity contribution < 1.29 is 24.9 Å². The highest BCUT2D eigenvalue weighted by Gasteiger charge is 2.50. The van der Waals surface area contributed by atoms with Gasteiger partial charge in [0.2, 0.25) is 5.91 Å². The summed E-state index contributed by atoms with van der Waals surface area (Å²) in [7, 11) is 0. The largest absolute Gasteiger partial charge is 0.394 e. The minimum Gasteiger partial charge on any atom is -0.394 e. The van der Waals surface area contributed by atoms with Crippen molar-refractivity contribution in [3.05, 3.63) is 0 Å². The molecule has 22 heavy (non-hydrogen) atoms. The number of aliphatic hydroxyl groups excluding tert-OH is 3. The first-order chi connectivity index (χ1) is 10.3. The average molecular weight is 317 g/mol. The van der Waals surface area contributed by atoms with Crippen molar-refractivity contribution in [2.45, 2.75) is 83.8 Å². The molecular weight excluding hydrogens is 286 g/mol. The van der Waals surface area contributed by atoms with Crippen LogP contribution in [0.25, 0.3) is 0 Å². The van der Waals surface area contributed by atoms with Gasteiger partial charge in [0.25, 0.3) is 0 Å². The van der Waals surface area contributed by atoms with Crippen LogP contribution in [0.1, 0.15) is 53.4 Å². The van der Waals surface area contributed by atoms with Crippen molar-refractivity contribution in [3.63, 3.8) is 0 Å². The zero-order valence-corrected chi connectivity index (χ0v) is 14.1. The molecule has 1 heterocycles. The van der Waals surface area contributed by atoms with E-state index in [9.17, 15) is 20.1 Å². The van der Waals surface area contributed by atoms with Gasteiger partial charge in [0.05, 0.1) is 18.8 Å². The Morgan fingerprint density at radius 3 is 2.14 bits per heavy atom. The highest BCUT2D eigenvalue weighted by Crippen LogP contribution is 2.40. The van der Waals surface area contributed by atoms with Gasteiger partial charge in [0.15, 0.2) is 0 Å². The van der Waals surface area contributed by atoms with Crippen molar-refractivity contribution in [2.24, 2.45) is 5.41 Å². The molecule has 1 amide bonds. The number of carbonyl (C=O) groups is 1. The summed E-state index contributed by atoms with van der Waals surface area (Å²) in [5, 5.41) is 32.6. The van der Waals surface area contributed by atoms with Crippen LogP contribution < -0.4 is 5.32 Å². The van der Waals surface area contributed by atoms with Gasteiger partial charge in [-0.15, -0.1) is 0 Å². The maximum Gasteiger partial charge on any atom is 0.217 e. The van der Waals surface area contributed by atoms with E-state index in [-0.39, 0.29) is 17.9 Å². The lowest BCUT2D eigenvalue weighted by Crippen LogP contribution is -2.67. The molecular formula is C16H31NO5. The predicted octanol–water partition coefficient (Wildman–Crippen LogP) is 0.579. The van der Waals surface area contributed by atoms with Crippen molar-refractivity contribution in [2.75, 3.05) is 6.61 Å². The Hall–Kier alpha value is -0.690. The summed E-state index contributed by atoms with van der Waals surface area (Å²) < 4.78 is 5.93. The Bertz CT molecular complexity index is 356. The Labute approximate surface area is 132 Å². The van der Waals surface area contributed by atoms with Gasteiger partial charge < -0.3 is 25.4 Å². The maximum absolute atomic E-state index is 11.5. The summed E-state index contributed by atoms with van der Waals surface area (Å²) in [5.41, 5.74) is -0.245. The predicted molar refractivity (Wildman–Crippen MR) is 83.3 cm³/mol. The van der Waals surface area contributed by atoms with E-state index in [4.69, 9.17) is 4.74 Å². The van der Waals surface area contributed by atoms with Gasteiger partial charge in [0, 0.05) is 6.92 Å². The Kier molecular flexibility index (Phi) is 7.25. The zero-order chi connectivity index (χ0) is 16.9. The third-order valence-corrected chi connectivity index (χ3v) is 4.63. The SMILES string of the molecule is CCCC(C)(CCC)C1OC(CO)C(O)C(O)C1NC(C)=O. The van der Waals surface area contributed by atoms with Crippen LogP contribution in [0.3, 0.4) is 0 Å². The van der Waals surface area contributed by atoms with Crippen LogP contribution in [-0.2, 0) is 9.53 Å². The molecule has 1 aliphatic rings. The lowest BCUT2D eigenvalue weighted by Gasteiger charge is -2.50. The molecule has 0 saturated carbocycles. The molecule has 0 aromatic rings. The number of ether oxygens (including phenoxy) is 1. The number of hydrogen-bond donors (Lipinski definition) is 4. The van der Waals surface area contributed by atoms with Crippen molar-refractivity contribution in [3.8, 4) is 0 Å². The lowest BCUT2D eigenvalue weighted by molar-refractivity contribution is -0.223. The number of rotatable bonds is 7. The van der Waals surface area contributed by atoms with Crippen LogP contribution in [0.5, 0.6) is 0 Å². The molecule has 0 bridgehead atoms. The second-order valence-corrected chi connectivity index (χ2v) is 6.64. The molecule has 1 rings (SSSR count). The van der Waals surface area contributed by atoms with Gasteiger partial charge in [-0.25, -0.2) is 0 Å². The monoisotopic (exact) mass is 317 g/mol. The fourth-order valence-corrected chi connectivity index (χ4v) is 3.66. The molecule has 0 aliphatic carbocycles. The number of amides is 1. The van der Waals surface area contributed by atoms with E-state index in [1.165, 1.54) is 6.92 Å². The molecule has 1 aliphatic heterocycles. The van der Waals surface area contributed by atoms with Gasteiger partial charge in [-0.2, -0.15) is 0 Å². The summed E-state index contributed by atoms with van der Waals surface area (Å²) in [4.78, 5) is 11.5. The summed E-state index contributed by atoms with van der Waals surface area (Å²) >= 11 is 0. The second-order valence-electron chi connectivity index (χ2n) is 6.64. The van der Waals surface area contributed by atoms with Crippen molar-refractivity contribution in [1.29, 1.82) is 0 Å². The van der Waals surface area contributed by atoms with Crippen LogP contribution in [0.2, 0.25) is 0 Å². The first-order valence-electron chi connectivity index (χ1n) is 8.20. The molecule has 130 valence electrons.